The van der Waals surface area contributed by atoms with Gasteiger partial charge in [-0.1, -0.05) is 51.4 Å². The van der Waals surface area contributed by atoms with Crippen molar-refractivity contribution >= 4 is 60.0 Å². The Morgan fingerprint density at radius 3 is 0.697 bits per heavy atom. The first-order chi connectivity index (χ1) is 9.16. The van der Waals surface area contributed by atoms with E-state index in [1.165, 1.54) is 23.2 Å². The molecule has 0 fully saturated rings. The fraction of sp³-hybridized carbons (Fsp3) is 0.308. The standard InChI is InChI=1S/2C9H15Si.8CH3.Hf.4Si/c2*1-10(2,3)8-9-6-4-5-7-9;;;;;;;;;;;;;/h2*4-7H,8H2,1-3H3;8*1H3;;;;;/q10*-1;+4;4*-1. The first-order valence-electron chi connectivity index (χ1n) is 7.57. The Bertz CT molecular complexity index is 424. The third-order valence-corrected chi connectivity index (χ3v) is 5.87. The van der Waals surface area contributed by atoms with Gasteiger partial charge in [-0.15, -0.1) is 0 Å². The summed E-state index contributed by atoms with van der Waals surface area (Å²) in [5, 5.41) is 0. The summed E-state index contributed by atoms with van der Waals surface area (Å²) in [5.74, 6) is 0. The van der Waals surface area contributed by atoms with Gasteiger partial charge < -0.3 is 103 Å². The van der Waals surface area contributed by atoms with Gasteiger partial charge in [-0.05, 0) is 0 Å². The van der Waals surface area contributed by atoms with Gasteiger partial charge in [-0.25, -0.2) is 24.3 Å². The Hall–Kier alpha value is 0.871. The van der Waals surface area contributed by atoms with Crippen LogP contribution in [0.15, 0.2) is 48.5 Å². The molecule has 0 aliphatic rings. The molecule has 2 aromatic carbocycles. The normalized spacial score (nSPS) is 7.21. The first-order valence-corrected chi connectivity index (χ1v) is 15.0. The number of hydrogen-bond donors (Lipinski definition) is 0. The van der Waals surface area contributed by atoms with Gasteiger partial charge in [0.15, 0.2) is 0 Å². The largest absolute Gasteiger partial charge is 4.00 e. The SMILES string of the molecule is C[Si](C)(C)C[c-]1cccc1.C[Si](C)(C)C[c-]1cccc1.[CH3-].[CH3-].[CH3-].[CH3-].[CH3-].[CH3-].[CH3-].[CH3-].[Hf+4].[Si-].[Si-].[Si-].[Si-]. The van der Waals surface area contributed by atoms with Gasteiger partial charge in [-0.2, -0.15) is 35.4 Å². The van der Waals surface area contributed by atoms with E-state index >= 15 is 0 Å². The quantitative estimate of drug-likeness (QED) is 0.225. The van der Waals surface area contributed by atoms with Crippen LogP contribution in [0.25, 0.3) is 0 Å². The summed E-state index contributed by atoms with van der Waals surface area (Å²) >= 11 is 0. The van der Waals surface area contributed by atoms with Gasteiger partial charge in [0.25, 0.3) is 0 Å². The molecular formula is C26H54HfSi6-10. The van der Waals surface area contributed by atoms with Gasteiger partial charge >= 0.3 is 25.8 Å². The molecular weight excluding hydrogens is 659 g/mol. The minimum atomic E-state index is -0.862. The molecule has 0 atom stereocenters. The molecule has 0 saturated heterocycles. The summed E-state index contributed by atoms with van der Waals surface area (Å²) in [6.07, 6.45) is 0. The zero-order valence-electron chi connectivity index (χ0n) is 24.5. The topological polar surface area (TPSA) is 0 Å². The molecule has 12 radical (unpaired) electrons. The van der Waals surface area contributed by atoms with E-state index in [1.807, 2.05) is 0 Å². The predicted octanol–water partition coefficient (Wildman–Crippen LogP) is 7.73. The van der Waals surface area contributed by atoms with Crippen molar-refractivity contribution in [1.82, 2.24) is 0 Å². The van der Waals surface area contributed by atoms with Crippen LogP contribution in [0.5, 0.6) is 0 Å². The van der Waals surface area contributed by atoms with Crippen LogP contribution in [0.2, 0.25) is 39.3 Å². The van der Waals surface area contributed by atoms with Crippen LogP contribution in [0.3, 0.4) is 0 Å². The Balaban J connectivity index is -0.0000000158. The van der Waals surface area contributed by atoms with Crippen LogP contribution in [0, 0.1) is 59.4 Å². The van der Waals surface area contributed by atoms with E-state index in [9.17, 15) is 0 Å². The molecule has 0 aromatic heterocycles. The summed E-state index contributed by atoms with van der Waals surface area (Å²) in [6.45, 7) is 14.4. The second kappa shape index (κ2) is 40.1. The molecule has 0 saturated carbocycles. The van der Waals surface area contributed by atoms with Crippen LogP contribution in [0.1, 0.15) is 11.1 Å². The molecule has 7 heteroatoms. The van der Waals surface area contributed by atoms with E-state index in [0.29, 0.717) is 0 Å². The Kier molecular flexibility index (Phi) is 102. The molecule has 0 heterocycles. The molecule has 2 aromatic rings. The fourth-order valence-corrected chi connectivity index (χ4v) is 5.21. The molecule has 0 aliphatic heterocycles. The van der Waals surface area contributed by atoms with Crippen molar-refractivity contribution in [1.29, 1.82) is 0 Å². The van der Waals surface area contributed by atoms with Crippen LogP contribution in [0.4, 0.5) is 0 Å². The maximum absolute atomic E-state index is 2.40. The second-order valence-corrected chi connectivity index (χ2v) is 19.0. The molecule has 0 unspecified atom stereocenters. The zero-order chi connectivity index (χ0) is 15.2. The van der Waals surface area contributed by atoms with E-state index in [1.54, 1.807) is 0 Å². The number of hydrogen-bond acceptors (Lipinski definition) is 0. The average molecular weight is 714 g/mol. The smallest absolute Gasteiger partial charge is 1.00 e. The van der Waals surface area contributed by atoms with Crippen molar-refractivity contribution in [2.45, 2.75) is 51.4 Å². The minimum Gasteiger partial charge on any atom is -1.00 e. The van der Waals surface area contributed by atoms with Crippen molar-refractivity contribution in [2.75, 3.05) is 0 Å². The third-order valence-electron chi connectivity index (χ3n) is 2.93. The van der Waals surface area contributed by atoms with Crippen LogP contribution in [-0.4, -0.2) is 60.0 Å². The van der Waals surface area contributed by atoms with Gasteiger partial charge in [-0.3, -0.25) is 0 Å². The molecule has 33 heavy (non-hydrogen) atoms. The number of rotatable bonds is 4. The van der Waals surface area contributed by atoms with Crippen LogP contribution >= 0.6 is 0 Å². The Morgan fingerprint density at radius 2 is 0.576 bits per heavy atom. The van der Waals surface area contributed by atoms with Crippen LogP contribution in [-0.2, 0) is 37.9 Å². The monoisotopic (exact) mass is 714 g/mol. The maximum atomic E-state index is 2.40. The van der Waals surface area contributed by atoms with Crippen molar-refractivity contribution < 1.29 is 25.8 Å². The molecule has 196 valence electrons. The summed E-state index contributed by atoms with van der Waals surface area (Å²) in [4.78, 5) is 0. The Morgan fingerprint density at radius 1 is 0.424 bits per heavy atom. The molecule has 2 rings (SSSR count). The fourth-order valence-electron chi connectivity index (χ4n) is 2.29. The van der Waals surface area contributed by atoms with Gasteiger partial charge in [0.05, 0.1) is 0 Å². The summed E-state index contributed by atoms with van der Waals surface area (Å²) in [6, 6.07) is 20.0. The average Bonchev–Trinajstić information content (AvgIpc) is 2.87. The van der Waals surface area contributed by atoms with Crippen molar-refractivity contribution in [3.05, 3.63) is 119 Å². The van der Waals surface area contributed by atoms with Crippen molar-refractivity contribution in [2.24, 2.45) is 0 Å². The molecule has 0 amide bonds. The van der Waals surface area contributed by atoms with E-state index < -0.39 is 16.1 Å². The van der Waals surface area contributed by atoms with E-state index in [2.05, 4.69) is 87.8 Å². The van der Waals surface area contributed by atoms with Crippen LogP contribution < -0.4 is 0 Å². The molecule has 0 N–H and O–H groups in total. The zero-order valence-corrected chi connectivity index (χ0v) is 34.1. The first kappa shape index (κ1) is 84.0. The summed E-state index contributed by atoms with van der Waals surface area (Å²) < 4.78 is 0. The van der Waals surface area contributed by atoms with Gasteiger partial charge in [0.2, 0.25) is 0 Å². The molecule has 0 aliphatic carbocycles. The summed E-state index contributed by atoms with van der Waals surface area (Å²) in [5.41, 5.74) is 3.03. The third kappa shape index (κ3) is 50.6. The summed E-state index contributed by atoms with van der Waals surface area (Å²) in [7, 11) is -1.72. The maximum Gasteiger partial charge on any atom is 4.00 e. The molecule has 0 spiro atoms. The van der Waals surface area contributed by atoms with E-state index in [-0.39, 0.29) is 129 Å². The van der Waals surface area contributed by atoms with Gasteiger partial charge in [0.1, 0.15) is 0 Å². The van der Waals surface area contributed by atoms with E-state index in [4.69, 9.17) is 0 Å². The van der Waals surface area contributed by atoms with Crippen molar-refractivity contribution in [3.8, 4) is 0 Å². The Labute approximate surface area is 254 Å². The molecule has 0 nitrogen and oxygen atoms in total. The minimum absolute atomic E-state index is 0. The van der Waals surface area contributed by atoms with Gasteiger partial charge in [0, 0.05) is 16.1 Å². The predicted molar refractivity (Wildman–Crippen MR) is 172 cm³/mol. The second-order valence-electron chi connectivity index (χ2n) is 8.06. The molecule has 0 bridgehead atoms. The van der Waals surface area contributed by atoms with E-state index in [0.717, 1.165) is 0 Å². The van der Waals surface area contributed by atoms with Crippen molar-refractivity contribution in [3.63, 3.8) is 0 Å².